The molecule has 0 spiro atoms. The molecule has 1 aromatic heterocycles. The van der Waals surface area contributed by atoms with Crippen LogP contribution in [0, 0.1) is 0 Å². The average molecular weight is 360 g/mol. The molecule has 1 heterocycles. The minimum absolute atomic E-state index is 0.0175. The van der Waals surface area contributed by atoms with E-state index in [1.165, 1.54) is 16.5 Å². The van der Waals surface area contributed by atoms with E-state index >= 15 is 0 Å². The number of amides is 1. The van der Waals surface area contributed by atoms with Crippen LogP contribution in [0.5, 0.6) is 0 Å². The van der Waals surface area contributed by atoms with Crippen molar-refractivity contribution < 1.29 is 9.53 Å². The lowest BCUT2D eigenvalue weighted by atomic mass is 10.1. The standard InChI is InChI=1S/C18H24N4O4/c1-4-5-9-22-15(19)14(16(23)20-18(22)25)21(2)17(24)13-8-6-7-12(10-13)11-26-3/h6-8,10H,4-5,9,11,19H2,1-3H3,(H,20,23,25). The first-order valence-corrected chi connectivity index (χ1v) is 8.39. The van der Waals surface area contributed by atoms with Crippen LogP contribution in [0.4, 0.5) is 11.5 Å². The van der Waals surface area contributed by atoms with Crippen LogP contribution in [0.15, 0.2) is 33.9 Å². The zero-order chi connectivity index (χ0) is 19.3. The van der Waals surface area contributed by atoms with Gasteiger partial charge in [-0.05, 0) is 24.1 Å². The van der Waals surface area contributed by atoms with Gasteiger partial charge in [-0.2, -0.15) is 0 Å². The van der Waals surface area contributed by atoms with Crippen LogP contribution in [0.2, 0.25) is 0 Å². The van der Waals surface area contributed by atoms with Crippen molar-refractivity contribution in [1.82, 2.24) is 9.55 Å². The Labute approximate surface area is 151 Å². The Kier molecular flexibility index (Phi) is 6.35. The highest BCUT2D eigenvalue weighted by Gasteiger charge is 2.22. The highest BCUT2D eigenvalue weighted by atomic mass is 16.5. The SMILES string of the molecule is CCCCn1c(N)c(N(C)C(=O)c2cccc(COC)c2)c(=O)[nH]c1=O. The number of aromatic nitrogens is 2. The van der Waals surface area contributed by atoms with Crippen molar-refractivity contribution in [1.29, 1.82) is 0 Å². The lowest BCUT2D eigenvalue weighted by Gasteiger charge is -2.20. The van der Waals surface area contributed by atoms with Gasteiger partial charge >= 0.3 is 5.69 Å². The highest BCUT2D eigenvalue weighted by Crippen LogP contribution is 2.18. The molecule has 0 saturated heterocycles. The van der Waals surface area contributed by atoms with Gasteiger partial charge in [-0.3, -0.25) is 19.1 Å². The summed E-state index contributed by atoms with van der Waals surface area (Å²) in [6.07, 6.45) is 1.59. The number of nitrogens with zero attached hydrogens (tertiary/aromatic N) is 2. The number of hydrogen-bond acceptors (Lipinski definition) is 5. The van der Waals surface area contributed by atoms with Crippen molar-refractivity contribution in [2.75, 3.05) is 24.8 Å². The zero-order valence-electron chi connectivity index (χ0n) is 15.2. The number of nitrogen functional groups attached to an aromatic ring is 1. The van der Waals surface area contributed by atoms with Gasteiger partial charge in [0.1, 0.15) is 5.82 Å². The topological polar surface area (TPSA) is 110 Å². The summed E-state index contributed by atoms with van der Waals surface area (Å²) < 4.78 is 6.36. The number of methoxy groups -OCH3 is 1. The van der Waals surface area contributed by atoms with Gasteiger partial charge in [-0.1, -0.05) is 25.5 Å². The van der Waals surface area contributed by atoms with Crippen LogP contribution in [0.1, 0.15) is 35.7 Å². The summed E-state index contributed by atoms with van der Waals surface area (Å²) in [5, 5.41) is 0. The molecular formula is C18H24N4O4. The van der Waals surface area contributed by atoms with E-state index in [1.54, 1.807) is 25.3 Å². The number of benzene rings is 1. The van der Waals surface area contributed by atoms with Crippen molar-refractivity contribution in [3.05, 3.63) is 56.2 Å². The van der Waals surface area contributed by atoms with E-state index in [1.807, 2.05) is 13.0 Å². The number of carbonyl (C=O) groups is 1. The summed E-state index contributed by atoms with van der Waals surface area (Å²) in [4.78, 5) is 40.5. The molecule has 0 aliphatic carbocycles. The van der Waals surface area contributed by atoms with Crippen LogP contribution in [-0.2, 0) is 17.9 Å². The van der Waals surface area contributed by atoms with E-state index in [4.69, 9.17) is 10.5 Å². The zero-order valence-corrected chi connectivity index (χ0v) is 15.2. The molecule has 0 radical (unpaired) electrons. The van der Waals surface area contributed by atoms with E-state index in [9.17, 15) is 14.4 Å². The summed E-state index contributed by atoms with van der Waals surface area (Å²) in [7, 11) is 3.03. The van der Waals surface area contributed by atoms with E-state index in [2.05, 4.69) is 4.98 Å². The van der Waals surface area contributed by atoms with Crippen LogP contribution in [0.25, 0.3) is 0 Å². The highest BCUT2D eigenvalue weighted by molar-refractivity contribution is 6.06. The Morgan fingerprint density at radius 3 is 2.73 bits per heavy atom. The summed E-state index contributed by atoms with van der Waals surface area (Å²) in [6.45, 7) is 2.72. The number of anilines is 2. The molecule has 8 nitrogen and oxygen atoms in total. The molecule has 0 saturated carbocycles. The predicted octanol–water partition coefficient (Wildman–Crippen LogP) is 1.34. The normalized spacial score (nSPS) is 10.7. The molecule has 8 heteroatoms. The number of unbranched alkanes of at least 4 members (excludes halogenated alkanes) is 1. The Morgan fingerprint density at radius 2 is 2.08 bits per heavy atom. The Hall–Kier alpha value is -2.87. The van der Waals surface area contributed by atoms with Gasteiger partial charge in [-0.25, -0.2) is 4.79 Å². The van der Waals surface area contributed by atoms with Gasteiger partial charge in [0.2, 0.25) is 0 Å². The fourth-order valence-electron chi connectivity index (χ4n) is 2.70. The molecule has 140 valence electrons. The number of aromatic amines is 1. The van der Waals surface area contributed by atoms with Crippen LogP contribution in [-0.4, -0.2) is 29.6 Å². The van der Waals surface area contributed by atoms with Gasteiger partial charge < -0.3 is 15.4 Å². The maximum atomic E-state index is 12.8. The average Bonchev–Trinajstić information content (AvgIpc) is 2.61. The monoisotopic (exact) mass is 360 g/mol. The third-order valence-electron chi connectivity index (χ3n) is 4.07. The first kappa shape index (κ1) is 19.5. The molecule has 0 aliphatic heterocycles. The third kappa shape index (κ3) is 4.02. The first-order valence-electron chi connectivity index (χ1n) is 8.39. The summed E-state index contributed by atoms with van der Waals surface area (Å²) in [5.41, 5.74) is 5.97. The molecule has 0 unspecified atom stereocenters. The fourth-order valence-corrected chi connectivity index (χ4v) is 2.70. The van der Waals surface area contributed by atoms with E-state index in [0.29, 0.717) is 18.7 Å². The maximum absolute atomic E-state index is 12.8. The number of H-pyrrole nitrogens is 1. The van der Waals surface area contributed by atoms with Crippen LogP contribution < -0.4 is 21.9 Å². The molecule has 0 atom stereocenters. The summed E-state index contributed by atoms with van der Waals surface area (Å²) in [5.74, 6) is -0.420. The second-order valence-electron chi connectivity index (χ2n) is 6.00. The Balaban J connectivity index is 2.44. The maximum Gasteiger partial charge on any atom is 0.330 e. The molecule has 0 bridgehead atoms. The molecular weight excluding hydrogens is 336 g/mol. The second kappa shape index (κ2) is 8.48. The second-order valence-corrected chi connectivity index (χ2v) is 6.00. The molecule has 0 fully saturated rings. The molecule has 1 amide bonds. The van der Waals surface area contributed by atoms with Crippen molar-refractivity contribution in [2.45, 2.75) is 32.9 Å². The number of rotatable bonds is 7. The number of ether oxygens (including phenoxy) is 1. The lowest BCUT2D eigenvalue weighted by Crippen LogP contribution is -2.39. The van der Waals surface area contributed by atoms with E-state index < -0.39 is 17.2 Å². The molecule has 2 rings (SSSR count). The quantitative estimate of drug-likeness (QED) is 0.774. The van der Waals surface area contributed by atoms with Crippen molar-refractivity contribution in [3.8, 4) is 0 Å². The minimum Gasteiger partial charge on any atom is -0.383 e. The van der Waals surface area contributed by atoms with Gasteiger partial charge in [0.05, 0.1) is 6.61 Å². The largest absolute Gasteiger partial charge is 0.383 e. The van der Waals surface area contributed by atoms with E-state index in [0.717, 1.165) is 18.4 Å². The first-order chi connectivity index (χ1) is 12.4. The summed E-state index contributed by atoms with van der Waals surface area (Å²) in [6, 6.07) is 6.92. The van der Waals surface area contributed by atoms with Crippen LogP contribution >= 0.6 is 0 Å². The van der Waals surface area contributed by atoms with Crippen LogP contribution in [0.3, 0.4) is 0 Å². The smallest absolute Gasteiger partial charge is 0.330 e. The molecule has 1 aromatic carbocycles. The summed E-state index contributed by atoms with van der Waals surface area (Å²) >= 11 is 0. The molecule has 3 N–H and O–H groups in total. The lowest BCUT2D eigenvalue weighted by molar-refractivity contribution is 0.0992. The molecule has 2 aromatic rings. The van der Waals surface area contributed by atoms with Gasteiger partial charge in [0, 0.05) is 26.3 Å². The number of nitrogens with one attached hydrogen (secondary N) is 1. The third-order valence-corrected chi connectivity index (χ3v) is 4.07. The van der Waals surface area contributed by atoms with Crippen molar-refractivity contribution in [2.24, 2.45) is 0 Å². The molecule has 0 aliphatic rings. The number of nitrogens with two attached hydrogens (primary N) is 1. The number of hydrogen-bond donors (Lipinski definition) is 2. The van der Waals surface area contributed by atoms with E-state index in [-0.39, 0.29) is 11.5 Å². The minimum atomic E-state index is -0.691. The Morgan fingerprint density at radius 1 is 1.35 bits per heavy atom. The van der Waals surface area contributed by atoms with Crippen molar-refractivity contribution in [3.63, 3.8) is 0 Å². The fraction of sp³-hybridized carbons (Fsp3) is 0.389. The van der Waals surface area contributed by atoms with Gasteiger partial charge in [-0.15, -0.1) is 0 Å². The Bertz CT molecular complexity index is 901. The van der Waals surface area contributed by atoms with Gasteiger partial charge in [0.15, 0.2) is 5.69 Å². The van der Waals surface area contributed by atoms with Gasteiger partial charge in [0.25, 0.3) is 11.5 Å². The predicted molar refractivity (Wildman–Crippen MR) is 101 cm³/mol. The number of carbonyl (C=O) groups excluding carboxylic acids is 1. The molecule has 26 heavy (non-hydrogen) atoms. The van der Waals surface area contributed by atoms with Crippen molar-refractivity contribution >= 4 is 17.4 Å².